The fourth-order valence-electron chi connectivity index (χ4n) is 2.59. The average molecular weight is 316 g/mol. The summed E-state index contributed by atoms with van der Waals surface area (Å²) in [4.78, 5) is 37.0. The summed E-state index contributed by atoms with van der Waals surface area (Å²) in [6.45, 7) is 1.91. The number of nitrogens with zero attached hydrogens (tertiary/aromatic N) is 1. The van der Waals surface area contributed by atoms with Crippen molar-refractivity contribution in [3.63, 3.8) is 0 Å². The highest BCUT2D eigenvalue weighted by molar-refractivity contribution is 6.01. The van der Waals surface area contributed by atoms with Crippen LogP contribution >= 0.6 is 0 Å². The first-order chi connectivity index (χ1) is 11.0. The lowest BCUT2D eigenvalue weighted by Gasteiger charge is -2.29. The van der Waals surface area contributed by atoms with Crippen molar-refractivity contribution in [2.75, 3.05) is 18.1 Å². The summed E-state index contributed by atoms with van der Waals surface area (Å²) in [5.74, 6) is 0.415. The van der Waals surface area contributed by atoms with Crippen LogP contribution in [0, 0.1) is 0 Å². The number of nitrogens with one attached hydrogen (secondary N) is 1. The van der Waals surface area contributed by atoms with Crippen molar-refractivity contribution in [3.8, 4) is 5.75 Å². The van der Waals surface area contributed by atoms with Crippen molar-refractivity contribution >= 4 is 23.3 Å². The first kappa shape index (κ1) is 15.5. The lowest BCUT2D eigenvalue weighted by Crippen LogP contribution is -2.40. The summed E-state index contributed by atoms with van der Waals surface area (Å²) in [7, 11) is 0. The Hall–Kier alpha value is -2.37. The molecule has 0 unspecified atom stereocenters. The molecule has 0 atom stereocenters. The Balaban J connectivity index is 1.66. The fourth-order valence-corrected chi connectivity index (χ4v) is 2.59. The molecule has 1 saturated carbocycles. The van der Waals surface area contributed by atoms with E-state index in [1.165, 1.54) is 6.92 Å². The smallest absolute Gasteiger partial charge is 0.265 e. The molecular formula is C17H20N2O4. The molecule has 1 heterocycles. The SMILES string of the molecule is CC(=O)c1ccc2c(c1)N(CCCC(=O)NC1CC1)C(=O)CO2. The van der Waals surface area contributed by atoms with Crippen LogP contribution in [-0.2, 0) is 9.59 Å². The second kappa shape index (κ2) is 6.40. The number of fused-ring (bicyclic) bond motifs is 1. The Bertz CT molecular complexity index is 652. The Labute approximate surface area is 134 Å². The largest absolute Gasteiger partial charge is 0.482 e. The summed E-state index contributed by atoms with van der Waals surface area (Å²) < 4.78 is 5.41. The molecule has 6 nitrogen and oxygen atoms in total. The van der Waals surface area contributed by atoms with Crippen LogP contribution < -0.4 is 15.0 Å². The molecule has 1 aromatic rings. The number of hydrogen-bond acceptors (Lipinski definition) is 4. The molecular weight excluding hydrogens is 296 g/mol. The van der Waals surface area contributed by atoms with Crippen LogP contribution in [0.5, 0.6) is 5.75 Å². The number of carbonyl (C=O) groups excluding carboxylic acids is 3. The van der Waals surface area contributed by atoms with E-state index >= 15 is 0 Å². The number of ether oxygens (including phenoxy) is 1. The van der Waals surface area contributed by atoms with E-state index in [0.717, 1.165) is 12.8 Å². The Morgan fingerprint density at radius 1 is 1.35 bits per heavy atom. The van der Waals surface area contributed by atoms with Crippen LogP contribution in [0.4, 0.5) is 5.69 Å². The summed E-state index contributed by atoms with van der Waals surface area (Å²) in [5, 5.41) is 2.93. The van der Waals surface area contributed by atoms with Gasteiger partial charge in [-0.25, -0.2) is 0 Å². The van der Waals surface area contributed by atoms with Crippen LogP contribution in [0.15, 0.2) is 18.2 Å². The second-order valence-electron chi connectivity index (χ2n) is 6.02. The quantitative estimate of drug-likeness (QED) is 0.810. The predicted molar refractivity (Wildman–Crippen MR) is 84.7 cm³/mol. The maximum atomic E-state index is 12.1. The molecule has 3 rings (SSSR count). The first-order valence-electron chi connectivity index (χ1n) is 7.92. The minimum absolute atomic E-state index is 0.0132. The molecule has 0 saturated heterocycles. The summed E-state index contributed by atoms with van der Waals surface area (Å²) >= 11 is 0. The highest BCUT2D eigenvalue weighted by Gasteiger charge is 2.27. The Morgan fingerprint density at radius 3 is 2.83 bits per heavy atom. The van der Waals surface area contributed by atoms with Gasteiger partial charge in [-0.3, -0.25) is 14.4 Å². The topological polar surface area (TPSA) is 75.7 Å². The molecule has 0 aromatic heterocycles. The van der Waals surface area contributed by atoms with Gasteiger partial charge in [0.25, 0.3) is 5.91 Å². The maximum absolute atomic E-state index is 12.1. The number of benzene rings is 1. The van der Waals surface area contributed by atoms with Gasteiger partial charge >= 0.3 is 0 Å². The van der Waals surface area contributed by atoms with Gasteiger partial charge < -0.3 is 15.0 Å². The fraction of sp³-hybridized carbons (Fsp3) is 0.471. The van der Waals surface area contributed by atoms with Gasteiger partial charge in [-0.15, -0.1) is 0 Å². The van der Waals surface area contributed by atoms with E-state index in [-0.39, 0.29) is 24.2 Å². The molecule has 23 heavy (non-hydrogen) atoms. The van der Waals surface area contributed by atoms with Crippen LogP contribution in [-0.4, -0.2) is 36.8 Å². The van der Waals surface area contributed by atoms with Gasteiger partial charge in [0.05, 0.1) is 5.69 Å². The molecule has 1 fully saturated rings. The predicted octanol–water partition coefficient (Wildman–Crippen LogP) is 1.67. The molecule has 0 radical (unpaired) electrons. The minimum Gasteiger partial charge on any atom is -0.482 e. The zero-order valence-corrected chi connectivity index (χ0v) is 13.1. The lowest BCUT2D eigenvalue weighted by molar-refractivity contribution is -0.122. The van der Waals surface area contributed by atoms with E-state index in [4.69, 9.17) is 4.74 Å². The number of hydrogen-bond donors (Lipinski definition) is 1. The van der Waals surface area contributed by atoms with Crippen LogP contribution in [0.1, 0.15) is 43.0 Å². The third kappa shape index (κ3) is 3.70. The van der Waals surface area contributed by atoms with E-state index in [9.17, 15) is 14.4 Å². The van der Waals surface area contributed by atoms with Gasteiger partial charge in [-0.2, -0.15) is 0 Å². The van der Waals surface area contributed by atoms with Crippen LogP contribution in [0.25, 0.3) is 0 Å². The molecule has 2 amide bonds. The van der Waals surface area contributed by atoms with Crippen molar-refractivity contribution in [2.24, 2.45) is 0 Å². The average Bonchev–Trinajstić information content (AvgIpc) is 3.32. The maximum Gasteiger partial charge on any atom is 0.265 e. The summed E-state index contributed by atoms with van der Waals surface area (Å²) in [6.07, 6.45) is 3.10. The normalized spacial score (nSPS) is 16.6. The van der Waals surface area contributed by atoms with Crippen molar-refractivity contribution in [3.05, 3.63) is 23.8 Å². The van der Waals surface area contributed by atoms with Crippen LogP contribution in [0.3, 0.4) is 0 Å². The van der Waals surface area contributed by atoms with E-state index in [1.54, 1.807) is 23.1 Å². The lowest BCUT2D eigenvalue weighted by atomic mass is 10.1. The molecule has 1 N–H and O–H groups in total. The van der Waals surface area contributed by atoms with Gasteiger partial charge in [0.1, 0.15) is 5.75 Å². The zero-order chi connectivity index (χ0) is 16.4. The molecule has 122 valence electrons. The molecule has 0 spiro atoms. The molecule has 1 aliphatic heterocycles. The van der Waals surface area contributed by atoms with Crippen molar-refractivity contribution in [2.45, 2.75) is 38.6 Å². The van der Waals surface area contributed by atoms with E-state index in [2.05, 4.69) is 5.32 Å². The van der Waals surface area contributed by atoms with E-state index in [1.807, 2.05) is 0 Å². The van der Waals surface area contributed by atoms with Crippen molar-refractivity contribution in [1.82, 2.24) is 5.32 Å². The van der Waals surface area contributed by atoms with E-state index < -0.39 is 0 Å². The minimum atomic E-state index is -0.152. The third-order valence-electron chi connectivity index (χ3n) is 4.04. The van der Waals surface area contributed by atoms with Gasteiger partial charge in [-0.1, -0.05) is 0 Å². The van der Waals surface area contributed by atoms with Gasteiger partial charge in [0, 0.05) is 24.6 Å². The Morgan fingerprint density at radius 2 is 2.13 bits per heavy atom. The highest BCUT2D eigenvalue weighted by Crippen LogP contribution is 2.33. The van der Waals surface area contributed by atoms with E-state index in [0.29, 0.717) is 42.4 Å². The first-order valence-corrected chi connectivity index (χ1v) is 7.92. The molecule has 2 aliphatic rings. The van der Waals surface area contributed by atoms with Crippen LogP contribution in [0.2, 0.25) is 0 Å². The number of rotatable bonds is 6. The molecule has 0 bridgehead atoms. The monoisotopic (exact) mass is 316 g/mol. The zero-order valence-electron chi connectivity index (χ0n) is 13.1. The molecule has 1 aromatic carbocycles. The number of amides is 2. The number of carbonyl (C=O) groups is 3. The van der Waals surface area contributed by atoms with Crippen molar-refractivity contribution < 1.29 is 19.1 Å². The highest BCUT2D eigenvalue weighted by atomic mass is 16.5. The van der Waals surface area contributed by atoms with Gasteiger partial charge in [0.15, 0.2) is 12.4 Å². The second-order valence-corrected chi connectivity index (χ2v) is 6.02. The summed E-state index contributed by atoms with van der Waals surface area (Å²) in [6, 6.07) is 5.44. The number of anilines is 1. The molecule has 1 aliphatic carbocycles. The van der Waals surface area contributed by atoms with Crippen molar-refractivity contribution in [1.29, 1.82) is 0 Å². The summed E-state index contributed by atoms with van der Waals surface area (Å²) in [5.41, 5.74) is 1.15. The third-order valence-corrected chi connectivity index (χ3v) is 4.04. The number of ketones is 1. The molecule has 6 heteroatoms. The standard InChI is InChI=1S/C17H20N2O4/c1-11(20)12-4-7-15-14(9-12)19(17(22)10-23-15)8-2-3-16(21)18-13-5-6-13/h4,7,9,13H,2-3,5-6,8,10H2,1H3,(H,18,21). The van der Waals surface area contributed by atoms with Gasteiger partial charge in [0.2, 0.25) is 5.91 Å². The van der Waals surface area contributed by atoms with Gasteiger partial charge in [-0.05, 0) is 44.4 Å². The number of Topliss-reactive ketones (excluding diaryl/α,β-unsaturated/α-hetero) is 1. The Kier molecular flexibility index (Phi) is 4.32.